The van der Waals surface area contributed by atoms with Gasteiger partial charge in [-0.1, -0.05) is 6.07 Å². The molecule has 2 amide bonds. The van der Waals surface area contributed by atoms with Crippen LogP contribution in [0.15, 0.2) is 47.7 Å². The van der Waals surface area contributed by atoms with Crippen LogP contribution in [0.4, 0.5) is 13.2 Å². The molecule has 1 aliphatic heterocycles. The number of amides is 2. The zero-order valence-corrected chi connectivity index (χ0v) is 16.7. The average molecular weight is 467 g/mol. The van der Waals surface area contributed by atoms with Gasteiger partial charge in [-0.15, -0.1) is 0 Å². The van der Waals surface area contributed by atoms with Crippen molar-refractivity contribution in [3.8, 4) is 0 Å². The van der Waals surface area contributed by atoms with E-state index in [-0.39, 0.29) is 17.1 Å². The molecule has 14 heteroatoms. The van der Waals surface area contributed by atoms with Crippen molar-refractivity contribution in [1.82, 2.24) is 25.5 Å². The number of amidine groups is 1. The van der Waals surface area contributed by atoms with Gasteiger partial charge in [0.05, 0.1) is 12.2 Å². The van der Waals surface area contributed by atoms with E-state index < -0.39 is 60.0 Å². The molecule has 1 atom stereocenters. The fourth-order valence-electron chi connectivity index (χ4n) is 2.79. The van der Waals surface area contributed by atoms with E-state index in [0.717, 1.165) is 18.3 Å². The number of hydrogen-bond donors (Lipinski definition) is 4. The molecule has 1 unspecified atom stereocenters. The minimum Gasteiger partial charge on any atom is -0.476 e. The molecule has 0 saturated carbocycles. The number of aliphatic hydroxyl groups is 1. The van der Waals surface area contributed by atoms with E-state index in [4.69, 9.17) is 0 Å². The number of aliphatic carboxylic acids is 1. The lowest BCUT2D eigenvalue weighted by molar-refractivity contribution is -0.184. The number of alkyl halides is 2. The predicted octanol–water partition coefficient (Wildman–Crippen LogP) is -0.415. The van der Waals surface area contributed by atoms with Crippen molar-refractivity contribution in [3.05, 3.63) is 59.9 Å². The first kappa shape index (κ1) is 23.6. The molecule has 11 nitrogen and oxygen atoms in total. The van der Waals surface area contributed by atoms with E-state index >= 15 is 0 Å². The van der Waals surface area contributed by atoms with Gasteiger partial charge < -0.3 is 20.8 Å². The van der Waals surface area contributed by atoms with Gasteiger partial charge in [-0.3, -0.25) is 29.4 Å². The van der Waals surface area contributed by atoms with E-state index in [1.165, 1.54) is 24.4 Å². The molecule has 174 valence electrons. The summed E-state index contributed by atoms with van der Waals surface area (Å²) < 4.78 is 42.2. The molecule has 2 aromatic heterocycles. The summed E-state index contributed by atoms with van der Waals surface area (Å²) in [5.74, 6) is -12.6. The number of carbonyl (C=O) groups is 3. The second-order valence-electron chi connectivity index (χ2n) is 6.79. The molecule has 3 heterocycles. The van der Waals surface area contributed by atoms with Crippen LogP contribution in [0.5, 0.6) is 0 Å². The van der Waals surface area contributed by atoms with Crippen LogP contribution in [0, 0.1) is 5.82 Å². The first-order valence-corrected chi connectivity index (χ1v) is 9.30. The summed E-state index contributed by atoms with van der Waals surface area (Å²) in [6.45, 7) is -2.67. The van der Waals surface area contributed by atoms with Crippen LogP contribution < -0.4 is 10.6 Å². The molecule has 0 bridgehead atoms. The largest absolute Gasteiger partial charge is 0.476 e. The highest BCUT2D eigenvalue weighted by molar-refractivity contribution is 6.41. The van der Waals surface area contributed by atoms with Gasteiger partial charge in [-0.05, 0) is 24.3 Å². The molecule has 33 heavy (non-hydrogen) atoms. The normalized spacial score (nSPS) is 19.5. The fraction of sp³-hybridized carbons (Fsp3) is 0.263. The molecule has 4 N–H and O–H groups in total. The molecule has 3 rings (SSSR count). The van der Waals surface area contributed by atoms with Gasteiger partial charge in [-0.2, -0.15) is 8.78 Å². The summed E-state index contributed by atoms with van der Waals surface area (Å²) >= 11 is 0. The third-order valence-corrected chi connectivity index (χ3v) is 4.49. The summed E-state index contributed by atoms with van der Waals surface area (Å²) in [5, 5.41) is 23.8. The summed E-state index contributed by atoms with van der Waals surface area (Å²) in [5.41, 5.74) is -0.754. The number of rotatable bonds is 8. The van der Waals surface area contributed by atoms with Crippen molar-refractivity contribution in [1.29, 1.82) is 0 Å². The number of carbonyl (C=O) groups excluding carboxylic acids is 2. The number of halogens is 3. The van der Waals surface area contributed by atoms with Crippen molar-refractivity contribution >= 4 is 23.6 Å². The van der Waals surface area contributed by atoms with Crippen molar-refractivity contribution in [2.75, 3.05) is 13.1 Å². The highest BCUT2D eigenvalue weighted by atomic mass is 19.3. The zero-order valence-electron chi connectivity index (χ0n) is 16.7. The summed E-state index contributed by atoms with van der Waals surface area (Å²) in [6.07, 6.45) is 2.42. The number of nitrogens with zero attached hydrogens (tertiary/aromatic N) is 4. The lowest BCUT2D eigenvalue weighted by Crippen LogP contribution is -2.60. The summed E-state index contributed by atoms with van der Waals surface area (Å²) in [6, 6.07) is 6.22. The Balaban J connectivity index is 1.73. The van der Waals surface area contributed by atoms with Crippen LogP contribution in [-0.2, 0) is 26.9 Å². The smallest absolute Gasteiger partial charge is 0.380 e. The number of nitrogens with one attached hydrogen (secondary N) is 2. The van der Waals surface area contributed by atoms with Gasteiger partial charge in [0, 0.05) is 12.4 Å². The lowest BCUT2D eigenvalue weighted by Gasteiger charge is -2.27. The predicted molar refractivity (Wildman–Crippen MR) is 104 cm³/mol. The molecular weight excluding hydrogens is 450 g/mol. The first-order chi connectivity index (χ1) is 15.5. The van der Waals surface area contributed by atoms with Gasteiger partial charge in [0.15, 0.2) is 5.84 Å². The monoisotopic (exact) mass is 467 g/mol. The Morgan fingerprint density at radius 2 is 1.94 bits per heavy atom. The third-order valence-electron chi connectivity index (χ3n) is 4.49. The van der Waals surface area contributed by atoms with Gasteiger partial charge in [0.1, 0.15) is 24.6 Å². The van der Waals surface area contributed by atoms with E-state index in [1.807, 2.05) is 5.32 Å². The van der Waals surface area contributed by atoms with E-state index in [9.17, 15) is 37.8 Å². The molecule has 0 radical (unpaired) electrons. The number of aliphatic imine (C=N–C) groups is 1. The Kier molecular flexibility index (Phi) is 6.57. The number of hydrogen-bond acceptors (Lipinski definition) is 7. The Bertz CT molecular complexity index is 1100. The first-order valence-electron chi connectivity index (χ1n) is 9.30. The van der Waals surface area contributed by atoms with Crippen LogP contribution in [-0.4, -0.2) is 67.6 Å². The zero-order chi connectivity index (χ0) is 24.2. The fourth-order valence-corrected chi connectivity index (χ4v) is 2.79. The summed E-state index contributed by atoms with van der Waals surface area (Å²) in [7, 11) is 0. The van der Waals surface area contributed by atoms with Gasteiger partial charge in [0.25, 0.3) is 5.91 Å². The maximum absolute atomic E-state index is 14.3. The highest BCUT2D eigenvalue weighted by Crippen LogP contribution is 2.27. The molecule has 1 aliphatic rings. The maximum atomic E-state index is 14.3. The number of aromatic nitrogens is 2. The van der Waals surface area contributed by atoms with E-state index in [1.54, 1.807) is 0 Å². The molecule has 0 spiro atoms. The maximum Gasteiger partial charge on any atom is 0.380 e. The quantitative estimate of drug-likeness (QED) is 0.382. The minimum atomic E-state index is -3.60. The van der Waals surface area contributed by atoms with Crippen molar-refractivity contribution < 1.29 is 37.8 Å². The van der Waals surface area contributed by atoms with Crippen LogP contribution in [0.2, 0.25) is 0 Å². The third kappa shape index (κ3) is 5.06. The molecule has 1 fully saturated rings. The van der Waals surface area contributed by atoms with E-state index in [0.29, 0.717) is 0 Å². The second-order valence-corrected chi connectivity index (χ2v) is 6.79. The van der Waals surface area contributed by atoms with Crippen molar-refractivity contribution in [2.45, 2.75) is 18.3 Å². The molecule has 1 saturated heterocycles. The van der Waals surface area contributed by atoms with Gasteiger partial charge >= 0.3 is 17.7 Å². The number of pyridine rings is 2. The second kappa shape index (κ2) is 9.20. The van der Waals surface area contributed by atoms with Crippen LogP contribution in [0.3, 0.4) is 0 Å². The van der Waals surface area contributed by atoms with Crippen LogP contribution >= 0.6 is 0 Å². The highest BCUT2D eigenvalue weighted by Gasteiger charge is 2.55. The minimum absolute atomic E-state index is 0.121. The standard InChI is InChI=1S/C19H17F3N6O5/c20-11-4-3-7-23-12(11)8-25-14(29)9-28-16(30)15(27-19(28,33)17(31)32)26-10-18(21,22)13-5-1-2-6-24-13/h1-7,33H,8-10H2,(H,25,29)(H,26,27)(H,31,32)/i17+1. The Labute approximate surface area is 184 Å². The molecule has 2 aromatic rings. The molecule has 0 aromatic carbocycles. The Morgan fingerprint density at radius 3 is 2.58 bits per heavy atom. The van der Waals surface area contributed by atoms with Crippen molar-refractivity contribution in [3.63, 3.8) is 0 Å². The SMILES string of the molecule is O=C(CN1C(=O)C(=NCC(F)(F)c2ccccn2)NC1(O)[13C](=O)O)NCc1ncccc1F. The molecule has 0 aliphatic carbocycles. The van der Waals surface area contributed by atoms with E-state index in [2.05, 4.69) is 20.3 Å². The van der Waals surface area contributed by atoms with Gasteiger partial charge in [0.2, 0.25) is 5.91 Å². The average Bonchev–Trinajstić information content (AvgIpc) is 3.03. The van der Waals surface area contributed by atoms with Gasteiger partial charge in [-0.25, -0.2) is 9.18 Å². The van der Waals surface area contributed by atoms with Crippen molar-refractivity contribution in [2.24, 2.45) is 4.99 Å². The Hall–Kier alpha value is -4.07. The lowest BCUT2D eigenvalue weighted by atomic mass is 10.2. The topological polar surface area (TPSA) is 157 Å². The summed E-state index contributed by atoms with van der Waals surface area (Å²) in [4.78, 5) is 47.1. The number of carboxylic acids is 1. The molecular formula is C19H17F3N6O5. The Morgan fingerprint density at radius 1 is 1.21 bits per heavy atom. The van der Waals surface area contributed by atoms with Crippen LogP contribution in [0.25, 0.3) is 0 Å². The van der Waals surface area contributed by atoms with Crippen LogP contribution in [0.1, 0.15) is 11.4 Å². The number of carboxylic acid groups (broad SMARTS) is 1.